The number of nitrogens with zero attached hydrogens (tertiary/aromatic N) is 1. The van der Waals surface area contributed by atoms with Crippen LogP contribution in [0, 0.1) is 13.8 Å². The summed E-state index contributed by atoms with van der Waals surface area (Å²) >= 11 is 0. The first kappa shape index (κ1) is 16.1. The zero-order valence-electron chi connectivity index (χ0n) is 13.8. The van der Waals surface area contributed by atoms with Gasteiger partial charge in [0, 0.05) is 12.2 Å². The predicted molar refractivity (Wildman–Crippen MR) is 90.8 cm³/mol. The molecule has 1 aromatic carbocycles. The third-order valence-corrected chi connectivity index (χ3v) is 4.03. The summed E-state index contributed by atoms with van der Waals surface area (Å²) in [5, 5.41) is 5.43. The first-order valence-electron chi connectivity index (χ1n) is 7.99. The lowest BCUT2D eigenvalue weighted by atomic mass is 10.1. The first-order chi connectivity index (χ1) is 11.5. The van der Waals surface area contributed by atoms with Crippen LogP contribution in [-0.4, -0.2) is 24.5 Å². The summed E-state index contributed by atoms with van der Waals surface area (Å²) in [5.41, 5.74) is 3.12. The van der Waals surface area contributed by atoms with E-state index < -0.39 is 6.04 Å². The van der Waals surface area contributed by atoms with Crippen LogP contribution < -0.4 is 15.5 Å². The van der Waals surface area contributed by atoms with Crippen molar-refractivity contribution in [3.8, 4) is 0 Å². The molecule has 126 valence electrons. The number of hydrogen-bond donors (Lipinski definition) is 2. The number of amides is 3. The standard InChI is InChI=1S/C18H21N3O3/c1-12-8-13(2)10-14(9-12)21-6-5-16(17(21)22)20-18(23)19-11-15-4-3-7-24-15/h3-4,7-10,16H,5-6,11H2,1-2H3,(H2,19,20,23). The molecule has 0 radical (unpaired) electrons. The zero-order valence-corrected chi connectivity index (χ0v) is 13.8. The van der Waals surface area contributed by atoms with Gasteiger partial charge in [0.05, 0.1) is 12.8 Å². The van der Waals surface area contributed by atoms with Gasteiger partial charge in [-0.25, -0.2) is 4.79 Å². The molecule has 2 N–H and O–H groups in total. The van der Waals surface area contributed by atoms with Crippen LogP contribution in [0.5, 0.6) is 0 Å². The molecule has 1 unspecified atom stereocenters. The number of hydrogen-bond acceptors (Lipinski definition) is 3. The highest BCUT2D eigenvalue weighted by Gasteiger charge is 2.33. The summed E-state index contributed by atoms with van der Waals surface area (Å²) < 4.78 is 5.15. The molecular formula is C18H21N3O3. The topological polar surface area (TPSA) is 74.6 Å². The summed E-state index contributed by atoms with van der Waals surface area (Å²) in [6.45, 7) is 4.91. The highest BCUT2D eigenvalue weighted by Crippen LogP contribution is 2.24. The largest absolute Gasteiger partial charge is 0.467 e. The molecule has 0 aliphatic carbocycles. The maximum atomic E-state index is 12.6. The number of benzene rings is 1. The summed E-state index contributed by atoms with van der Waals surface area (Å²) in [4.78, 5) is 26.3. The van der Waals surface area contributed by atoms with Crippen LogP contribution in [0.4, 0.5) is 10.5 Å². The van der Waals surface area contributed by atoms with E-state index in [1.807, 2.05) is 26.0 Å². The van der Waals surface area contributed by atoms with E-state index in [4.69, 9.17) is 4.42 Å². The van der Waals surface area contributed by atoms with E-state index in [2.05, 4.69) is 16.7 Å². The second-order valence-corrected chi connectivity index (χ2v) is 6.08. The minimum absolute atomic E-state index is 0.0758. The molecule has 0 spiro atoms. The lowest BCUT2D eigenvalue weighted by Gasteiger charge is -2.18. The van der Waals surface area contributed by atoms with Crippen molar-refractivity contribution in [2.24, 2.45) is 0 Å². The van der Waals surface area contributed by atoms with Crippen LogP contribution in [0.15, 0.2) is 41.0 Å². The Kier molecular flexibility index (Phi) is 4.55. The van der Waals surface area contributed by atoms with E-state index in [0.717, 1.165) is 16.8 Å². The monoisotopic (exact) mass is 327 g/mol. The third kappa shape index (κ3) is 3.59. The second-order valence-electron chi connectivity index (χ2n) is 6.08. The van der Waals surface area contributed by atoms with Crippen LogP contribution >= 0.6 is 0 Å². The minimum atomic E-state index is -0.498. The van der Waals surface area contributed by atoms with Gasteiger partial charge in [0.25, 0.3) is 0 Å². The Morgan fingerprint density at radius 2 is 2.04 bits per heavy atom. The van der Waals surface area contributed by atoms with Gasteiger partial charge >= 0.3 is 6.03 Å². The molecule has 6 heteroatoms. The molecule has 6 nitrogen and oxygen atoms in total. The first-order valence-corrected chi connectivity index (χ1v) is 7.99. The average molecular weight is 327 g/mol. The maximum absolute atomic E-state index is 12.6. The predicted octanol–water partition coefficient (Wildman–Crippen LogP) is 2.50. The van der Waals surface area contributed by atoms with Crippen LogP contribution in [0.25, 0.3) is 0 Å². The summed E-state index contributed by atoms with van der Waals surface area (Å²) in [5.74, 6) is 0.591. The molecular weight excluding hydrogens is 306 g/mol. The van der Waals surface area contributed by atoms with Crippen molar-refractivity contribution in [3.63, 3.8) is 0 Å². The maximum Gasteiger partial charge on any atom is 0.315 e. The molecule has 3 amide bonds. The molecule has 2 heterocycles. The van der Waals surface area contributed by atoms with Crippen LogP contribution in [0.3, 0.4) is 0 Å². The van der Waals surface area contributed by atoms with Gasteiger partial charge in [-0.3, -0.25) is 4.79 Å². The van der Waals surface area contributed by atoms with E-state index in [9.17, 15) is 9.59 Å². The number of carbonyl (C=O) groups excluding carboxylic acids is 2. The zero-order chi connectivity index (χ0) is 17.1. The Hall–Kier alpha value is -2.76. The van der Waals surface area contributed by atoms with E-state index in [1.54, 1.807) is 23.3 Å². The van der Waals surface area contributed by atoms with E-state index >= 15 is 0 Å². The normalized spacial score (nSPS) is 17.2. The lowest BCUT2D eigenvalue weighted by molar-refractivity contribution is -0.118. The Bertz CT molecular complexity index is 720. The van der Waals surface area contributed by atoms with E-state index in [0.29, 0.717) is 25.3 Å². The molecule has 24 heavy (non-hydrogen) atoms. The van der Waals surface area contributed by atoms with E-state index in [1.165, 1.54) is 0 Å². The van der Waals surface area contributed by atoms with Gasteiger partial charge in [-0.2, -0.15) is 0 Å². The van der Waals surface area contributed by atoms with Crippen molar-refractivity contribution in [2.75, 3.05) is 11.4 Å². The Morgan fingerprint density at radius 1 is 1.29 bits per heavy atom. The van der Waals surface area contributed by atoms with Crippen LogP contribution in [0.2, 0.25) is 0 Å². The molecule has 2 aromatic rings. The summed E-state index contributed by atoms with van der Waals surface area (Å²) in [6, 6.07) is 8.73. The van der Waals surface area contributed by atoms with Gasteiger partial charge in [0.15, 0.2) is 0 Å². The van der Waals surface area contributed by atoms with Crippen molar-refractivity contribution < 1.29 is 14.0 Å². The minimum Gasteiger partial charge on any atom is -0.467 e. The number of furan rings is 1. The van der Waals surface area contributed by atoms with E-state index in [-0.39, 0.29) is 11.9 Å². The molecule has 1 saturated heterocycles. The number of aryl methyl sites for hydroxylation is 2. The van der Waals surface area contributed by atoms with Crippen LogP contribution in [0.1, 0.15) is 23.3 Å². The lowest BCUT2D eigenvalue weighted by Crippen LogP contribution is -2.45. The molecule has 1 aliphatic rings. The molecule has 0 saturated carbocycles. The number of anilines is 1. The Labute approximate surface area is 140 Å². The fourth-order valence-corrected chi connectivity index (χ4v) is 2.97. The quantitative estimate of drug-likeness (QED) is 0.906. The second kappa shape index (κ2) is 6.78. The molecule has 1 fully saturated rings. The third-order valence-electron chi connectivity index (χ3n) is 4.03. The fourth-order valence-electron chi connectivity index (χ4n) is 2.97. The van der Waals surface area contributed by atoms with Gasteiger partial charge in [0.2, 0.25) is 5.91 Å². The highest BCUT2D eigenvalue weighted by atomic mass is 16.3. The van der Waals surface area contributed by atoms with Crippen molar-refractivity contribution in [1.29, 1.82) is 0 Å². The summed E-state index contributed by atoms with van der Waals surface area (Å²) in [6.07, 6.45) is 2.15. The highest BCUT2D eigenvalue weighted by molar-refractivity contribution is 6.01. The van der Waals surface area contributed by atoms with Crippen molar-refractivity contribution in [2.45, 2.75) is 32.9 Å². The SMILES string of the molecule is Cc1cc(C)cc(N2CCC(NC(=O)NCc3ccco3)C2=O)c1. The molecule has 1 aliphatic heterocycles. The summed E-state index contributed by atoms with van der Waals surface area (Å²) in [7, 11) is 0. The molecule has 1 aromatic heterocycles. The number of carbonyl (C=O) groups is 2. The fraction of sp³-hybridized carbons (Fsp3) is 0.333. The molecule has 1 atom stereocenters. The van der Waals surface area contributed by atoms with Gasteiger partial charge < -0.3 is 20.0 Å². The number of urea groups is 1. The number of nitrogens with one attached hydrogen (secondary N) is 2. The van der Waals surface area contributed by atoms with Gasteiger partial charge in [-0.15, -0.1) is 0 Å². The Balaban J connectivity index is 1.58. The average Bonchev–Trinajstić information content (AvgIpc) is 3.15. The van der Waals surface area contributed by atoms with Crippen molar-refractivity contribution in [1.82, 2.24) is 10.6 Å². The van der Waals surface area contributed by atoms with Gasteiger partial charge in [-0.05, 0) is 55.7 Å². The smallest absolute Gasteiger partial charge is 0.315 e. The molecule has 3 rings (SSSR count). The van der Waals surface area contributed by atoms with Crippen LogP contribution in [-0.2, 0) is 11.3 Å². The van der Waals surface area contributed by atoms with Crippen molar-refractivity contribution in [3.05, 3.63) is 53.5 Å². The number of rotatable bonds is 4. The van der Waals surface area contributed by atoms with Crippen molar-refractivity contribution >= 4 is 17.6 Å². The molecule has 0 bridgehead atoms. The van der Waals surface area contributed by atoms with Gasteiger partial charge in [0.1, 0.15) is 11.8 Å². The Morgan fingerprint density at radius 3 is 2.71 bits per heavy atom. The van der Waals surface area contributed by atoms with Gasteiger partial charge in [-0.1, -0.05) is 6.07 Å².